The van der Waals surface area contributed by atoms with Gasteiger partial charge in [0.25, 0.3) is 0 Å². The van der Waals surface area contributed by atoms with E-state index in [2.05, 4.69) is 49.8 Å². The predicted molar refractivity (Wildman–Crippen MR) is 97.7 cm³/mol. The predicted octanol–water partition coefficient (Wildman–Crippen LogP) is 3.15. The van der Waals surface area contributed by atoms with Gasteiger partial charge in [0.2, 0.25) is 0 Å². The molecule has 0 saturated carbocycles. The summed E-state index contributed by atoms with van der Waals surface area (Å²) in [6, 6.07) is 0. The molecule has 0 aromatic heterocycles. The van der Waals surface area contributed by atoms with Gasteiger partial charge < -0.3 is 14.0 Å². The number of allylic oxidation sites excluding steroid dienone is 2. The maximum absolute atomic E-state index is 6.17. The van der Waals surface area contributed by atoms with Crippen molar-refractivity contribution < 1.29 is 14.0 Å². The Morgan fingerprint density at radius 1 is 1.17 bits per heavy atom. The summed E-state index contributed by atoms with van der Waals surface area (Å²) in [5.41, 5.74) is 1.65. The minimum atomic E-state index is -0.314. The highest BCUT2D eigenvalue weighted by Gasteiger charge is 2.52. The molecule has 0 unspecified atom stereocenters. The first-order chi connectivity index (χ1) is 11.3. The highest BCUT2D eigenvalue weighted by atomic mass is 16.7. The Balaban J connectivity index is 1.71. The first-order valence-corrected chi connectivity index (χ1v) is 8.77. The molecule has 3 rings (SSSR count). The summed E-state index contributed by atoms with van der Waals surface area (Å²) in [5.74, 6) is 0. The van der Waals surface area contributed by atoms with Crippen LogP contribution in [0.4, 0.5) is 0 Å². The van der Waals surface area contributed by atoms with Crippen LogP contribution in [0.3, 0.4) is 0 Å². The third-order valence-electron chi connectivity index (χ3n) is 5.13. The molecule has 0 aromatic carbocycles. The largest absolute Gasteiger partial charge is 0.490 e. The van der Waals surface area contributed by atoms with Crippen LogP contribution in [0.5, 0.6) is 0 Å². The van der Waals surface area contributed by atoms with Gasteiger partial charge >= 0.3 is 7.12 Å². The van der Waals surface area contributed by atoms with Crippen LogP contribution in [0, 0.1) is 0 Å². The first kappa shape index (κ1) is 17.6. The number of rotatable bonds is 4. The van der Waals surface area contributed by atoms with E-state index in [-0.39, 0.29) is 30.6 Å². The molecule has 5 nitrogen and oxygen atoms in total. The van der Waals surface area contributed by atoms with Crippen LogP contribution in [0.25, 0.3) is 0 Å². The normalized spacial score (nSPS) is 31.1. The summed E-state index contributed by atoms with van der Waals surface area (Å²) in [4.78, 5) is 9.06. The highest BCUT2D eigenvalue weighted by molar-refractivity contribution is 6.54. The lowest BCUT2D eigenvalue weighted by Crippen LogP contribution is -2.41. The molecule has 6 heteroatoms. The molecule has 1 saturated heterocycles. The molecule has 2 aliphatic heterocycles. The van der Waals surface area contributed by atoms with Crippen molar-refractivity contribution in [2.75, 3.05) is 6.61 Å². The molecule has 3 aliphatic rings. The van der Waals surface area contributed by atoms with Gasteiger partial charge in [-0.1, -0.05) is 12.2 Å². The summed E-state index contributed by atoms with van der Waals surface area (Å²) >= 11 is 0. The van der Waals surface area contributed by atoms with E-state index in [0.29, 0.717) is 6.61 Å². The molecule has 0 amide bonds. The maximum atomic E-state index is 6.17. The summed E-state index contributed by atoms with van der Waals surface area (Å²) in [6.07, 6.45) is 9.63. The van der Waals surface area contributed by atoms with Crippen molar-refractivity contribution >= 4 is 19.5 Å². The van der Waals surface area contributed by atoms with Gasteiger partial charge in [-0.2, -0.15) is 0 Å². The van der Waals surface area contributed by atoms with Crippen LogP contribution in [0.15, 0.2) is 33.2 Å². The summed E-state index contributed by atoms with van der Waals surface area (Å²) in [7, 11) is -0.286. The van der Waals surface area contributed by atoms with E-state index in [4.69, 9.17) is 14.0 Å². The molecule has 0 N–H and O–H groups in total. The van der Waals surface area contributed by atoms with E-state index < -0.39 is 0 Å². The second kappa shape index (κ2) is 6.58. The van der Waals surface area contributed by atoms with E-state index >= 15 is 0 Å². The maximum Gasteiger partial charge on any atom is 0.490 e. The van der Waals surface area contributed by atoms with Crippen LogP contribution in [0.2, 0.25) is 0 Å². The van der Waals surface area contributed by atoms with Crippen molar-refractivity contribution in [1.82, 2.24) is 0 Å². The second-order valence-electron chi connectivity index (χ2n) is 7.44. The van der Waals surface area contributed by atoms with E-state index in [1.54, 1.807) is 0 Å². The lowest BCUT2D eigenvalue weighted by molar-refractivity contribution is 0.00578. The van der Waals surface area contributed by atoms with Crippen LogP contribution in [-0.4, -0.2) is 49.6 Å². The molecule has 0 radical (unpaired) electrons. The Morgan fingerprint density at radius 3 is 2.38 bits per heavy atom. The molecule has 1 fully saturated rings. The SMILES string of the molecule is CCOC1C=NC(C2=CCCC(B3OC(C)(C)C(C)(C)O3)=C2)N=C1. The molecule has 0 aromatic rings. The van der Waals surface area contributed by atoms with Gasteiger partial charge in [-0.05, 0) is 58.5 Å². The lowest BCUT2D eigenvalue weighted by atomic mass is 9.72. The standard InChI is InChI=1S/C18H27BN2O3/c1-6-22-15-11-20-16(21-12-15)13-8-7-9-14(10-13)19-23-17(2,3)18(4,5)24-19/h8,10-12,15-16H,6-7,9H2,1-5H3. The lowest BCUT2D eigenvalue weighted by Gasteiger charge is -2.32. The van der Waals surface area contributed by atoms with Crippen molar-refractivity contribution in [3.63, 3.8) is 0 Å². The van der Waals surface area contributed by atoms with E-state index in [1.807, 2.05) is 19.4 Å². The zero-order valence-corrected chi connectivity index (χ0v) is 15.3. The molecule has 130 valence electrons. The van der Waals surface area contributed by atoms with Crippen molar-refractivity contribution in [2.45, 2.75) is 70.9 Å². The number of hydrogen-bond acceptors (Lipinski definition) is 5. The molecule has 0 atom stereocenters. The van der Waals surface area contributed by atoms with Gasteiger partial charge in [-0.3, -0.25) is 9.98 Å². The average molecular weight is 330 g/mol. The number of aliphatic imine (C=N–C) groups is 2. The van der Waals surface area contributed by atoms with Crippen molar-refractivity contribution in [3.8, 4) is 0 Å². The summed E-state index contributed by atoms with van der Waals surface area (Å²) in [5, 5.41) is 0. The topological polar surface area (TPSA) is 52.4 Å². The van der Waals surface area contributed by atoms with Gasteiger partial charge in [0, 0.05) is 19.0 Å². The van der Waals surface area contributed by atoms with E-state index in [1.165, 1.54) is 5.47 Å². The zero-order chi connectivity index (χ0) is 17.4. The first-order valence-electron chi connectivity index (χ1n) is 8.77. The number of hydrogen-bond donors (Lipinski definition) is 0. The molecule has 24 heavy (non-hydrogen) atoms. The van der Waals surface area contributed by atoms with Crippen molar-refractivity contribution in [1.29, 1.82) is 0 Å². The van der Waals surface area contributed by atoms with Crippen LogP contribution in [-0.2, 0) is 14.0 Å². The van der Waals surface area contributed by atoms with Gasteiger partial charge in [0.05, 0.1) is 11.2 Å². The molecular weight excluding hydrogens is 303 g/mol. The van der Waals surface area contributed by atoms with Gasteiger partial charge in [0.15, 0.2) is 6.17 Å². The Labute approximate surface area is 145 Å². The van der Waals surface area contributed by atoms with Crippen LogP contribution in [0.1, 0.15) is 47.5 Å². The Kier molecular flexibility index (Phi) is 4.82. The number of ether oxygens (including phenoxy) is 1. The summed E-state index contributed by atoms with van der Waals surface area (Å²) in [6.45, 7) is 10.9. The number of nitrogens with zero attached hydrogens (tertiary/aromatic N) is 2. The van der Waals surface area contributed by atoms with Gasteiger partial charge in [0.1, 0.15) is 6.10 Å². The third-order valence-corrected chi connectivity index (χ3v) is 5.13. The van der Waals surface area contributed by atoms with Crippen LogP contribution < -0.4 is 0 Å². The fraction of sp³-hybridized carbons (Fsp3) is 0.667. The monoisotopic (exact) mass is 330 g/mol. The van der Waals surface area contributed by atoms with E-state index in [0.717, 1.165) is 18.4 Å². The molecular formula is C18H27BN2O3. The Bertz CT molecular complexity index is 577. The summed E-state index contributed by atoms with van der Waals surface area (Å²) < 4.78 is 17.8. The second-order valence-corrected chi connectivity index (χ2v) is 7.44. The smallest absolute Gasteiger partial charge is 0.400 e. The van der Waals surface area contributed by atoms with E-state index in [9.17, 15) is 0 Å². The van der Waals surface area contributed by atoms with Crippen LogP contribution >= 0.6 is 0 Å². The Morgan fingerprint density at radius 2 is 1.79 bits per heavy atom. The molecule has 0 spiro atoms. The minimum Gasteiger partial charge on any atom is -0.400 e. The highest BCUT2D eigenvalue weighted by Crippen LogP contribution is 2.40. The quantitative estimate of drug-likeness (QED) is 0.744. The third kappa shape index (κ3) is 3.41. The molecule has 0 bridgehead atoms. The fourth-order valence-electron chi connectivity index (χ4n) is 2.97. The van der Waals surface area contributed by atoms with Gasteiger partial charge in [-0.25, -0.2) is 0 Å². The molecule has 2 heterocycles. The van der Waals surface area contributed by atoms with Gasteiger partial charge in [-0.15, -0.1) is 0 Å². The van der Waals surface area contributed by atoms with Crippen molar-refractivity contribution in [3.05, 3.63) is 23.2 Å². The van der Waals surface area contributed by atoms with Crippen molar-refractivity contribution in [2.24, 2.45) is 9.98 Å². The molecule has 1 aliphatic carbocycles. The fourth-order valence-corrected chi connectivity index (χ4v) is 2.97. The minimum absolute atomic E-state index is 0.109. The average Bonchev–Trinajstić information content (AvgIpc) is 2.77. The Hall–Kier alpha value is -1.24. The zero-order valence-electron chi connectivity index (χ0n) is 15.3.